The van der Waals surface area contributed by atoms with Crippen LogP contribution in [0.3, 0.4) is 0 Å². The van der Waals surface area contributed by atoms with E-state index in [2.05, 4.69) is 4.98 Å². The zero-order valence-electron chi connectivity index (χ0n) is 12.2. The summed E-state index contributed by atoms with van der Waals surface area (Å²) >= 11 is 0. The molecule has 0 saturated carbocycles. The van der Waals surface area contributed by atoms with Crippen molar-refractivity contribution in [2.24, 2.45) is 0 Å². The van der Waals surface area contributed by atoms with Gasteiger partial charge in [-0.15, -0.1) is 0 Å². The normalized spacial score (nSPS) is 18.0. The molecule has 0 unspecified atom stereocenters. The van der Waals surface area contributed by atoms with Gasteiger partial charge in [0.15, 0.2) is 6.61 Å². The van der Waals surface area contributed by atoms with Gasteiger partial charge in [0.05, 0.1) is 18.8 Å². The van der Waals surface area contributed by atoms with E-state index in [1.165, 1.54) is 0 Å². The summed E-state index contributed by atoms with van der Waals surface area (Å²) < 4.78 is 11.2. The fraction of sp³-hybridized carbons (Fsp3) is 0.294. The lowest BCUT2D eigenvalue weighted by atomic mass is 10.2. The van der Waals surface area contributed by atoms with E-state index in [9.17, 15) is 4.79 Å². The second-order valence-corrected chi connectivity index (χ2v) is 5.06. The summed E-state index contributed by atoms with van der Waals surface area (Å²) in [5, 5.41) is 0. The lowest BCUT2D eigenvalue weighted by Gasteiger charge is -2.32. The molecule has 3 rings (SSSR count). The number of carbonyl (C=O) groups is 1. The number of morpholine rings is 1. The van der Waals surface area contributed by atoms with E-state index in [1.54, 1.807) is 11.1 Å². The lowest BCUT2D eigenvalue weighted by Crippen LogP contribution is -2.44. The molecule has 1 aliphatic heterocycles. The van der Waals surface area contributed by atoms with E-state index < -0.39 is 0 Å². The van der Waals surface area contributed by atoms with Crippen LogP contribution in [0.25, 0.3) is 0 Å². The minimum absolute atomic E-state index is 0.0342. The van der Waals surface area contributed by atoms with Gasteiger partial charge in [-0.1, -0.05) is 24.3 Å². The number of hydrogen-bond acceptors (Lipinski definition) is 4. The Labute approximate surface area is 129 Å². The monoisotopic (exact) mass is 298 g/mol. The average Bonchev–Trinajstić information content (AvgIpc) is 2.61. The highest BCUT2D eigenvalue weighted by molar-refractivity contribution is 5.77. The van der Waals surface area contributed by atoms with Crippen LogP contribution in [0.15, 0.2) is 54.7 Å². The third kappa shape index (κ3) is 3.62. The van der Waals surface area contributed by atoms with Gasteiger partial charge in [-0.3, -0.25) is 9.78 Å². The quantitative estimate of drug-likeness (QED) is 0.867. The highest BCUT2D eigenvalue weighted by Gasteiger charge is 2.26. The molecule has 1 aromatic heterocycles. The summed E-state index contributed by atoms with van der Waals surface area (Å²) in [6, 6.07) is 15.0. The van der Waals surface area contributed by atoms with Gasteiger partial charge >= 0.3 is 0 Å². The van der Waals surface area contributed by atoms with Crippen molar-refractivity contribution in [2.75, 3.05) is 26.3 Å². The van der Waals surface area contributed by atoms with Gasteiger partial charge in [-0.25, -0.2) is 0 Å². The second kappa shape index (κ2) is 7.04. The minimum Gasteiger partial charge on any atom is -0.484 e. The Hall–Kier alpha value is -2.40. The van der Waals surface area contributed by atoms with Gasteiger partial charge in [0.2, 0.25) is 0 Å². The van der Waals surface area contributed by atoms with E-state index in [-0.39, 0.29) is 18.6 Å². The molecule has 5 nitrogen and oxygen atoms in total. The van der Waals surface area contributed by atoms with Gasteiger partial charge < -0.3 is 14.4 Å². The van der Waals surface area contributed by atoms with Crippen molar-refractivity contribution in [3.8, 4) is 5.75 Å². The molecule has 114 valence electrons. The number of benzene rings is 1. The van der Waals surface area contributed by atoms with Gasteiger partial charge in [0.1, 0.15) is 11.9 Å². The first-order valence-corrected chi connectivity index (χ1v) is 7.31. The Morgan fingerprint density at radius 1 is 1.23 bits per heavy atom. The summed E-state index contributed by atoms with van der Waals surface area (Å²) in [6.07, 6.45) is 1.56. The number of rotatable bonds is 4. The zero-order valence-corrected chi connectivity index (χ0v) is 12.2. The molecule has 2 aromatic rings. The van der Waals surface area contributed by atoms with Crippen molar-refractivity contribution < 1.29 is 14.3 Å². The van der Waals surface area contributed by atoms with Crippen molar-refractivity contribution in [1.29, 1.82) is 0 Å². The third-order valence-electron chi connectivity index (χ3n) is 3.54. The van der Waals surface area contributed by atoms with Crippen LogP contribution in [-0.2, 0) is 9.53 Å². The third-order valence-corrected chi connectivity index (χ3v) is 3.54. The van der Waals surface area contributed by atoms with Crippen molar-refractivity contribution in [1.82, 2.24) is 9.88 Å². The molecule has 1 fully saturated rings. The molecule has 22 heavy (non-hydrogen) atoms. The molecule has 1 atom stereocenters. The fourth-order valence-corrected chi connectivity index (χ4v) is 2.37. The predicted octanol–water partition coefficient (Wildman–Crippen LogP) is 2.06. The second-order valence-electron chi connectivity index (χ2n) is 5.06. The van der Waals surface area contributed by atoms with E-state index in [4.69, 9.17) is 9.47 Å². The van der Waals surface area contributed by atoms with Crippen LogP contribution in [-0.4, -0.2) is 42.1 Å². The molecule has 0 N–H and O–H groups in total. The molecule has 1 aromatic carbocycles. The number of carbonyl (C=O) groups excluding carboxylic acids is 1. The van der Waals surface area contributed by atoms with Gasteiger partial charge in [0.25, 0.3) is 5.91 Å². The smallest absolute Gasteiger partial charge is 0.260 e. The molecule has 0 spiro atoms. The van der Waals surface area contributed by atoms with Crippen molar-refractivity contribution >= 4 is 5.91 Å². The average molecular weight is 298 g/mol. The Morgan fingerprint density at radius 3 is 2.82 bits per heavy atom. The van der Waals surface area contributed by atoms with Crippen LogP contribution >= 0.6 is 0 Å². The first kappa shape index (κ1) is 14.5. The molecular weight excluding hydrogens is 280 g/mol. The van der Waals surface area contributed by atoms with Crippen LogP contribution in [0, 0.1) is 0 Å². The maximum Gasteiger partial charge on any atom is 0.260 e. The standard InChI is InChI=1S/C17H18N2O3/c20-17(13-22-14-6-2-1-3-7-14)19-10-11-21-16(12-19)15-8-4-5-9-18-15/h1-9,16H,10-13H2/t16-/m0/s1. The number of amides is 1. The summed E-state index contributed by atoms with van der Waals surface area (Å²) in [5.74, 6) is 0.665. The van der Waals surface area contributed by atoms with Crippen molar-refractivity contribution in [2.45, 2.75) is 6.10 Å². The largest absolute Gasteiger partial charge is 0.484 e. The number of nitrogens with zero attached hydrogens (tertiary/aromatic N) is 2. The highest BCUT2D eigenvalue weighted by Crippen LogP contribution is 2.20. The Bertz CT molecular complexity index is 604. The highest BCUT2D eigenvalue weighted by atomic mass is 16.5. The van der Waals surface area contributed by atoms with Crippen LogP contribution in [0.1, 0.15) is 11.8 Å². The van der Waals surface area contributed by atoms with E-state index in [1.807, 2.05) is 48.5 Å². The van der Waals surface area contributed by atoms with Crippen molar-refractivity contribution in [3.63, 3.8) is 0 Å². The molecule has 2 heterocycles. The molecule has 0 aliphatic carbocycles. The van der Waals surface area contributed by atoms with Gasteiger partial charge in [-0.05, 0) is 24.3 Å². The molecule has 1 aliphatic rings. The fourth-order valence-electron chi connectivity index (χ4n) is 2.37. The van der Waals surface area contributed by atoms with Crippen LogP contribution in [0.4, 0.5) is 0 Å². The molecule has 0 radical (unpaired) electrons. The van der Waals surface area contributed by atoms with E-state index in [0.29, 0.717) is 25.4 Å². The van der Waals surface area contributed by atoms with E-state index >= 15 is 0 Å². The van der Waals surface area contributed by atoms with E-state index in [0.717, 1.165) is 5.69 Å². The number of aromatic nitrogens is 1. The number of ether oxygens (including phenoxy) is 2. The molecule has 0 bridgehead atoms. The zero-order chi connectivity index (χ0) is 15.2. The summed E-state index contributed by atoms with van der Waals surface area (Å²) in [5.41, 5.74) is 0.851. The molecule has 5 heteroatoms. The minimum atomic E-state index is -0.171. The molecule has 1 saturated heterocycles. The van der Waals surface area contributed by atoms with Gasteiger partial charge in [0, 0.05) is 12.7 Å². The van der Waals surface area contributed by atoms with Crippen molar-refractivity contribution in [3.05, 3.63) is 60.4 Å². The maximum atomic E-state index is 12.3. The number of para-hydroxylation sites is 1. The maximum absolute atomic E-state index is 12.3. The van der Waals surface area contributed by atoms with Crippen LogP contribution in [0.2, 0.25) is 0 Å². The SMILES string of the molecule is O=C(COc1ccccc1)N1CCO[C@H](c2ccccn2)C1. The number of pyridine rings is 1. The van der Waals surface area contributed by atoms with Gasteiger partial charge in [-0.2, -0.15) is 0 Å². The number of hydrogen-bond donors (Lipinski definition) is 0. The lowest BCUT2D eigenvalue weighted by molar-refractivity contribution is -0.141. The molecule has 1 amide bonds. The summed E-state index contributed by atoms with van der Waals surface area (Å²) in [7, 11) is 0. The Balaban J connectivity index is 1.56. The predicted molar refractivity (Wildman–Crippen MR) is 81.4 cm³/mol. The Morgan fingerprint density at radius 2 is 2.05 bits per heavy atom. The van der Waals surface area contributed by atoms with Crippen LogP contribution < -0.4 is 4.74 Å². The topological polar surface area (TPSA) is 51.7 Å². The van der Waals surface area contributed by atoms with Crippen LogP contribution in [0.5, 0.6) is 5.75 Å². The summed E-state index contributed by atoms with van der Waals surface area (Å²) in [6.45, 7) is 1.64. The molecular formula is C17H18N2O3. The Kier molecular flexibility index (Phi) is 4.65. The first-order chi connectivity index (χ1) is 10.8. The summed E-state index contributed by atoms with van der Waals surface area (Å²) in [4.78, 5) is 18.3. The first-order valence-electron chi connectivity index (χ1n) is 7.31.